The lowest BCUT2D eigenvalue weighted by Crippen LogP contribution is -2.49. The van der Waals surface area contributed by atoms with Crippen LogP contribution < -0.4 is 4.74 Å². The Morgan fingerprint density at radius 1 is 1.21 bits per heavy atom. The molecular formula is C26H41N3O4S. The summed E-state index contributed by atoms with van der Waals surface area (Å²) in [5, 5.41) is 9.80. The van der Waals surface area contributed by atoms with Crippen LogP contribution >= 0.6 is 0 Å². The lowest BCUT2D eigenvalue weighted by Gasteiger charge is -2.38. The summed E-state index contributed by atoms with van der Waals surface area (Å²) < 4.78 is 35.0. The summed E-state index contributed by atoms with van der Waals surface area (Å²) in [5.74, 6) is 7.25. The Balaban J connectivity index is 1.94. The molecule has 0 saturated heterocycles. The van der Waals surface area contributed by atoms with Crippen molar-refractivity contribution in [3.63, 3.8) is 0 Å². The van der Waals surface area contributed by atoms with Crippen molar-refractivity contribution < 1.29 is 18.3 Å². The Bertz CT molecular complexity index is 979. The molecule has 0 amide bonds. The zero-order valence-electron chi connectivity index (χ0n) is 21.3. The van der Waals surface area contributed by atoms with E-state index < -0.39 is 16.1 Å². The molecule has 2 aliphatic rings. The number of hydrogen-bond acceptors (Lipinski definition) is 6. The Morgan fingerprint density at radius 3 is 2.56 bits per heavy atom. The summed E-state index contributed by atoms with van der Waals surface area (Å²) in [6.07, 6.45) is 5.00. The highest BCUT2D eigenvalue weighted by Gasteiger charge is 2.38. The monoisotopic (exact) mass is 491 g/mol. The van der Waals surface area contributed by atoms with Gasteiger partial charge in [-0.1, -0.05) is 31.6 Å². The number of aliphatic hydroxyl groups is 1. The first kappa shape index (κ1) is 27.0. The maximum absolute atomic E-state index is 13.6. The van der Waals surface area contributed by atoms with Gasteiger partial charge in [0.25, 0.3) is 0 Å². The molecule has 1 heterocycles. The van der Waals surface area contributed by atoms with Crippen LogP contribution in [0, 0.1) is 23.7 Å². The fourth-order valence-electron chi connectivity index (χ4n) is 4.84. The molecule has 8 heteroatoms. The molecule has 1 aliphatic carbocycles. The second-order valence-corrected chi connectivity index (χ2v) is 12.2. The minimum absolute atomic E-state index is 0.0496. The van der Waals surface area contributed by atoms with Gasteiger partial charge in [0.05, 0.1) is 13.2 Å². The number of benzene rings is 1. The number of likely N-dealkylation sites (N-methyl/N-ethyl adjacent to an activating group) is 1. The lowest BCUT2D eigenvalue weighted by molar-refractivity contribution is 0.0712. The van der Waals surface area contributed by atoms with E-state index in [1.807, 2.05) is 25.9 Å². The molecular weight excluding hydrogens is 450 g/mol. The van der Waals surface area contributed by atoms with E-state index in [1.165, 1.54) is 30.0 Å². The van der Waals surface area contributed by atoms with Gasteiger partial charge in [0.15, 0.2) is 0 Å². The maximum atomic E-state index is 13.6. The Labute approximate surface area is 206 Å². The van der Waals surface area contributed by atoms with Gasteiger partial charge in [0, 0.05) is 37.2 Å². The van der Waals surface area contributed by atoms with Gasteiger partial charge in [0.2, 0.25) is 10.0 Å². The molecule has 3 rings (SSSR count). The van der Waals surface area contributed by atoms with E-state index in [0.717, 1.165) is 24.6 Å². The number of nitrogens with zero attached hydrogens (tertiary/aromatic N) is 3. The van der Waals surface area contributed by atoms with Gasteiger partial charge in [-0.25, -0.2) is 8.42 Å². The SMILES string of the molecule is C[C@H](CO)N1C[C@H](C)[C@@H](CN(C)CC2CCCC2)Oc2cc(C#CCN(C)C)ccc2S1(=O)=O. The molecule has 1 fully saturated rings. The summed E-state index contributed by atoms with van der Waals surface area (Å²) >= 11 is 0. The zero-order chi connectivity index (χ0) is 24.9. The van der Waals surface area contributed by atoms with Gasteiger partial charge in [-0.05, 0) is 65.0 Å². The van der Waals surface area contributed by atoms with Gasteiger partial charge >= 0.3 is 0 Å². The van der Waals surface area contributed by atoms with Crippen LogP contribution in [0.2, 0.25) is 0 Å². The number of aliphatic hydroxyl groups excluding tert-OH is 1. The van der Waals surface area contributed by atoms with Crippen LogP contribution in [0.3, 0.4) is 0 Å². The van der Waals surface area contributed by atoms with E-state index in [1.54, 1.807) is 25.1 Å². The van der Waals surface area contributed by atoms with E-state index >= 15 is 0 Å². The highest BCUT2D eigenvalue weighted by atomic mass is 32.2. The van der Waals surface area contributed by atoms with Crippen molar-refractivity contribution in [1.29, 1.82) is 0 Å². The van der Waals surface area contributed by atoms with Gasteiger partial charge in [-0.3, -0.25) is 4.90 Å². The fraction of sp³-hybridized carbons (Fsp3) is 0.692. The van der Waals surface area contributed by atoms with Crippen molar-refractivity contribution in [3.05, 3.63) is 23.8 Å². The van der Waals surface area contributed by atoms with Crippen LogP contribution in [-0.4, -0.2) is 93.7 Å². The molecule has 1 saturated carbocycles. The lowest BCUT2D eigenvalue weighted by atomic mass is 10.0. The topological polar surface area (TPSA) is 73.3 Å². The normalized spacial score (nSPS) is 24.1. The Kier molecular flexibility index (Phi) is 9.41. The van der Waals surface area contributed by atoms with Crippen LogP contribution in [0.1, 0.15) is 45.1 Å². The Morgan fingerprint density at radius 2 is 1.91 bits per heavy atom. The minimum atomic E-state index is -3.83. The van der Waals surface area contributed by atoms with Crippen molar-refractivity contribution >= 4 is 10.0 Å². The van der Waals surface area contributed by atoms with E-state index in [0.29, 0.717) is 18.8 Å². The fourth-order valence-corrected chi connectivity index (χ4v) is 6.66. The summed E-state index contributed by atoms with van der Waals surface area (Å²) in [6, 6.07) is 4.56. The average Bonchev–Trinajstić information content (AvgIpc) is 3.28. The number of fused-ring (bicyclic) bond motifs is 1. The zero-order valence-corrected chi connectivity index (χ0v) is 22.1. The van der Waals surface area contributed by atoms with Gasteiger partial charge in [0.1, 0.15) is 16.7 Å². The van der Waals surface area contributed by atoms with Crippen molar-refractivity contribution in [2.75, 3.05) is 53.9 Å². The number of sulfonamides is 1. The van der Waals surface area contributed by atoms with E-state index in [2.05, 4.69) is 23.8 Å². The molecule has 1 aliphatic heterocycles. The van der Waals surface area contributed by atoms with Crippen molar-refractivity contribution in [2.45, 2.75) is 56.6 Å². The third-order valence-electron chi connectivity index (χ3n) is 6.83. The predicted molar refractivity (Wildman–Crippen MR) is 135 cm³/mol. The van der Waals surface area contributed by atoms with Gasteiger partial charge < -0.3 is 14.7 Å². The molecule has 0 radical (unpaired) electrons. The molecule has 190 valence electrons. The molecule has 0 unspecified atom stereocenters. The standard InChI is InChI=1S/C26H41N3O4S/c1-20-16-29(21(2)19-30)34(31,32)26-13-12-22(11-8-14-27(3)4)15-24(26)33-25(20)18-28(5)17-23-9-6-7-10-23/h12-13,15,20-21,23,25,30H,6-7,9-10,14,16-19H2,1-5H3/t20-,21+,25+/m0/s1. The first-order chi connectivity index (χ1) is 16.1. The second-order valence-electron chi connectivity index (χ2n) is 10.3. The molecule has 0 bridgehead atoms. The summed E-state index contributed by atoms with van der Waals surface area (Å²) in [6.45, 7) is 6.21. The summed E-state index contributed by atoms with van der Waals surface area (Å²) in [7, 11) is 2.21. The van der Waals surface area contributed by atoms with Crippen LogP contribution in [0.5, 0.6) is 5.75 Å². The van der Waals surface area contributed by atoms with Crippen molar-refractivity contribution in [3.8, 4) is 17.6 Å². The second kappa shape index (κ2) is 11.9. The van der Waals surface area contributed by atoms with E-state index in [4.69, 9.17) is 4.74 Å². The molecule has 0 spiro atoms. The Hall–Kier alpha value is -1.63. The van der Waals surface area contributed by atoms with E-state index in [-0.39, 0.29) is 23.5 Å². The van der Waals surface area contributed by atoms with Crippen LogP contribution in [0.25, 0.3) is 0 Å². The first-order valence-corrected chi connectivity index (χ1v) is 13.8. The van der Waals surface area contributed by atoms with Gasteiger partial charge in [-0.2, -0.15) is 4.31 Å². The number of rotatable bonds is 7. The first-order valence-electron chi connectivity index (χ1n) is 12.4. The summed E-state index contributed by atoms with van der Waals surface area (Å²) in [4.78, 5) is 4.45. The van der Waals surface area contributed by atoms with Crippen molar-refractivity contribution in [1.82, 2.24) is 14.1 Å². The third-order valence-corrected chi connectivity index (χ3v) is 8.85. The molecule has 7 nitrogen and oxygen atoms in total. The van der Waals surface area contributed by atoms with Gasteiger partial charge in [-0.15, -0.1) is 0 Å². The molecule has 1 aromatic rings. The van der Waals surface area contributed by atoms with Crippen LogP contribution in [0.4, 0.5) is 0 Å². The number of hydrogen-bond donors (Lipinski definition) is 1. The minimum Gasteiger partial charge on any atom is -0.487 e. The van der Waals surface area contributed by atoms with Crippen LogP contribution in [-0.2, 0) is 10.0 Å². The maximum Gasteiger partial charge on any atom is 0.247 e. The largest absolute Gasteiger partial charge is 0.487 e. The van der Waals surface area contributed by atoms with E-state index in [9.17, 15) is 13.5 Å². The summed E-state index contributed by atoms with van der Waals surface area (Å²) in [5.41, 5.74) is 0.726. The number of ether oxygens (including phenoxy) is 1. The molecule has 1 aromatic carbocycles. The highest BCUT2D eigenvalue weighted by molar-refractivity contribution is 7.89. The highest BCUT2D eigenvalue weighted by Crippen LogP contribution is 2.34. The van der Waals surface area contributed by atoms with Crippen LogP contribution in [0.15, 0.2) is 23.1 Å². The molecule has 0 aromatic heterocycles. The predicted octanol–water partition coefficient (Wildman–Crippen LogP) is 2.49. The molecule has 1 N–H and O–H groups in total. The molecule has 34 heavy (non-hydrogen) atoms. The average molecular weight is 492 g/mol. The third kappa shape index (κ3) is 6.73. The molecule has 3 atom stereocenters. The quantitative estimate of drug-likeness (QED) is 0.591. The smallest absolute Gasteiger partial charge is 0.247 e. The van der Waals surface area contributed by atoms with Crippen molar-refractivity contribution in [2.24, 2.45) is 11.8 Å².